The number of para-hydroxylation sites is 1. The third-order valence-corrected chi connectivity index (χ3v) is 6.76. The zero-order valence-electron chi connectivity index (χ0n) is 16.6. The number of rotatable bonds is 4. The highest BCUT2D eigenvalue weighted by atomic mass is 32.2. The lowest BCUT2D eigenvalue weighted by atomic mass is 10.1. The van der Waals surface area contributed by atoms with Crippen molar-refractivity contribution in [3.8, 4) is 0 Å². The van der Waals surface area contributed by atoms with Gasteiger partial charge in [-0.2, -0.15) is 4.31 Å². The Bertz CT molecular complexity index is 1250. The van der Waals surface area contributed by atoms with E-state index in [0.29, 0.717) is 11.3 Å². The zero-order chi connectivity index (χ0) is 21.5. The van der Waals surface area contributed by atoms with Crippen molar-refractivity contribution in [3.05, 3.63) is 89.5 Å². The molecular formula is C23H20N2O4S. The predicted octanol–water partition coefficient (Wildman–Crippen LogP) is 4.53. The van der Waals surface area contributed by atoms with Gasteiger partial charge in [0.1, 0.15) is 4.90 Å². The van der Waals surface area contributed by atoms with Crippen LogP contribution in [0.15, 0.2) is 77.7 Å². The Morgan fingerprint density at radius 1 is 0.933 bits per heavy atom. The third-order valence-electron chi connectivity index (χ3n) is 5.01. The highest BCUT2D eigenvalue weighted by molar-refractivity contribution is 7.94. The molecule has 0 saturated heterocycles. The monoisotopic (exact) mass is 420 g/mol. The summed E-state index contributed by atoms with van der Waals surface area (Å²) in [5.74, 6) is -0.138. The molecule has 0 unspecified atom stereocenters. The minimum atomic E-state index is -4.09. The number of anilines is 2. The van der Waals surface area contributed by atoms with E-state index in [1.807, 2.05) is 31.2 Å². The Balaban J connectivity index is 1.84. The van der Waals surface area contributed by atoms with Crippen molar-refractivity contribution in [2.24, 2.45) is 0 Å². The predicted molar refractivity (Wildman–Crippen MR) is 115 cm³/mol. The molecule has 0 N–H and O–H groups in total. The summed E-state index contributed by atoms with van der Waals surface area (Å²) in [6.45, 7) is 3.62. The molecule has 0 bridgehead atoms. The van der Waals surface area contributed by atoms with Crippen molar-refractivity contribution >= 4 is 33.2 Å². The van der Waals surface area contributed by atoms with Gasteiger partial charge in [-0.05, 0) is 55.8 Å². The fraction of sp³-hybridized carbons (Fsp3) is 0.130. The Hall–Kier alpha value is -3.45. The van der Waals surface area contributed by atoms with Gasteiger partial charge in [0.15, 0.2) is 5.78 Å². The summed E-state index contributed by atoms with van der Waals surface area (Å²) >= 11 is 0. The molecule has 3 aromatic carbocycles. The van der Waals surface area contributed by atoms with Gasteiger partial charge >= 0.3 is 6.03 Å². The zero-order valence-corrected chi connectivity index (χ0v) is 17.4. The number of amides is 2. The molecule has 0 saturated carbocycles. The molecule has 2 amide bonds. The van der Waals surface area contributed by atoms with E-state index in [0.717, 1.165) is 15.4 Å². The molecule has 7 heteroatoms. The van der Waals surface area contributed by atoms with Crippen molar-refractivity contribution in [2.45, 2.75) is 25.3 Å². The van der Waals surface area contributed by atoms with Crippen LogP contribution < -0.4 is 9.21 Å². The standard InChI is InChI=1S/C23H20N2O4S/c1-16-6-5-7-18(14-16)15-24-21-8-3-4-9-22(21)30(28,29)25(23(24)27)20-12-10-19(11-13-20)17(2)26/h3-14H,15H2,1-2H3. The second-order valence-electron chi connectivity index (χ2n) is 7.20. The van der Waals surface area contributed by atoms with E-state index in [2.05, 4.69) is 0 Å². The average Bonchev–Trinajstić information content (AvgIpc) is 2.71. The first-order valence-electron chi connectivity index (χ1n) is 9.41. The average molecular weight is 420 g/mol. The normalized spacial score (nSPS) is 15.1. The molecule has 4 rings (SSSR count). The topological polar surface area (TPSA) is 74.8 Å². The van der Waals surface area contributed by atoms with Gasteiger partial charge in [-0.15, -0.1) is 0 Å². The van der Waals surface area contributed by atoms with Crippen molar-refractivity contribution < 1.29 is 18.0 Å². The Kier molecular flexibility index (Phi) is 4.91. The number of carbonyl (C=O) groups is 2. The number of sulfonamides is 1. The van der Waals surface area contributed by atoms with Gasteiger partial charge in [0.2, 0.25) is 0 Å². The van der Waals surface area contributed by atoms with Crippen molar-refractivity contribution in [2.75, 3.05) is 9.21 Å². The van der Waals surface area contributed by atoms with Crippen LogP contribution in [0.4, 0.5) is 16.2 Å². The SMILES string of the molecule is CC(=O)c1ccc(N2C(=O)N(Cc3cccc(C)c3)c3ccccc3S2(=O)=O)cc1. The van der Waals surface area contributed by atoms with Crippen LogP contribution in [0.3, 0.4) is 0 Å². The fourth-order valence-corrected chi connectivity index (χ4v) is 5.13. The van der Waals surface area contributed by atoms with Gasteiger partial charge in [-0.1, -0.05) is 42.0 Å². The van der Waals surface area contributed by atoms with Crippen molar-refractivity contribution in [1.82, 2.24) is 0 Å². The molecule has 1 aliphatic heterocycles. The smallest absolute Gasteiger partial charge is 0.295 e. The number of fused-ring (bicyclic) bond motifs is 1. The lowest BCUT2D eigenvalue weighted by Crippen LogP contribution is -2.50. The minimum Gasteiger partial charge on any atom is -0.295 e. The molecule has 1 aliphatic rings. The Morgan fingerprint density at radius 3 is 2.30 bits per heavy atom. The molecule has 0 radical (unpaired) electrons. The van der Waals surface area contributed by atoms with Crippen molar-refractivity contribution in [3.63, 3.8) is 0 Å². The number of hydrogen-bond acceptors (Lipinski definition) is 4. The molecule has 6 nitrogen and oxygen atoms in total. The van der Waals surface area contributed by atoms with E-state index in [1.165, 1.54) is 42.2 Å². The second kappa shape index (κ2) is 7.42. The van der Waals surface area contributed by atoms with Crippen LogP contribution in [0.25, 0.3) is 0 Å². The third kappa shape index (κ3) is 3.37. The lowest BCUT2D eigenvalue weighted by molar-refractivity contribution is 0.101. The Labute approximate surface area is 175 Å². The number of nitrogens with zero attached hydrogens (tertiary/aromatic N) is 2. The maximum absolute atomic E-state index is 13.4. The molecule has 0 spiro atoms. The van der Waals surface area contributed by atoms with E-state index in [1.54, 1.807) is 18.2 Å². The number of Topliss-reactive ketones (excluding diaryl/α,β-unsaturated/α-hetero) is 1. The van der Waals surface area contributed by atoms with E-state index < -0.39 is 16.1 Å². The minimum absolute atomic E-state index is 0.0629. The van der Waals surface area contributed by atoms with Gasteiger partial charge < -0.3 is 0 Å². The molecule has 0 fully saturated rings. The summed E-state index contributed by atoms with van der Waals surface area (Å²) in [6, 6.07) is 19.5. The van der Waals surface area contributed by atoms with E-state index in [4.69, 9.17) is 0 Å². The summed E-state index contributed by atoms with van der Waals surface area (Å²) in [7, 11) is -4.09. The van der Waals surface area contributed by atoms with Crippen LogP contribution in [0.1, 0.15) is 28.4 Å². The molecular weight excluding hydrogens is 400 g/mol. The number of benzene rings is 3. The number of ketones is 1. The largest absolute Gasteiger partial charge is 0.343 e. The summed E-state index contributed by atoms with van der Waals surface area (Å²) in [5.41, 5.74) is 2.92. The van der Waals surface area contributed by atoms with Gasteiger partial charge in [-0.25, -0.2) is 13.2 Å². The first-order valence-corrected chi connectivity index (χ1v) is 10.9. The first-order chi connectivity index (χ1) is 14.3. The van der Waals surface area contributed by atoms with Gasteiger partial charge in [0, 0.05) is 5.56 Å². The number of hydrogen-bond donors (Lipinski definition) is 0. The highest BCUT2D eigenvalue weighted by Crippen LogP contribution is 2.38. The molecule has 0 aliphatic carbocycles. The highest BCUT2D eigenvalue weighted by Gasteiger charge is 2.42. The molecule has 152 valence electrons. The van der Waals surface area contributed by atoms with Crippen LogP contribution >= 0.6 is 0 Å². The second-order valence-corrected chi connectivity index (χ2v) is 8.95. The summed E-state index contributed by atoms with van der Waals surface area (Å²) < 4.78 is 27.4. The first kappa shape index (κ1) is 19.8. The summed E-state index contributed by atoms with van der Waals surface area (Å²) in [6.07, 6.45) is 0. The quantitative estimate of drug-likeness (QED) is 0.581. The van der Waals surface area contributed by atoms with Crippen LogP contribution in [0.2, 0.25) is 0 Å². The van der Waals surface area contributed by atoms with E-state index in [9.17, 15) is 18.0 Å². The van der Waals surface area contributed by atoms with Crippen molar-refractivity contribution in [1.29, 1.82) is 0 Å². The number of urea groups is 1. The van der Waals surface area contributed by atoms with Gasteiger partial charge in [-0.3, -0.25) is 9.69 Å². The van der Waals surface area contributed by atoms with Crippen LogP contribution in [0.5, 0.6) is 0 Å². The van der Waals surface area contributed by atoms with Gasteiger partial charge in [0.05, 0.1) is 17.9 Å². The molecule has 0 atom stereocenters. The van der Waals surface area contributed by atoms with E-state index >= 15 is 0 Å². The molecule has 3 aromatic rings. The number of carbonyl (C=O) groups excluding carboxylic acids is 2. The number of aryl methyl sites for hydroxylation is 1. The van der Waals surface area contributed by atoms with Crippen LogP contribution in [0, 0.1) is 6.92 Å². The summed E-state index contributed by atoms with van der Waals surface area (Å²) in [5, 5.41) is 0. The van der Waals surface area contributed by atoms with E-state index in [-0.39, 0.29) is 22.9 Å². The lowest BCUT2D eigenvalue weighted by Gasteiger charge is -2.36. The fourth-order valence-electron chi connectivity index (χ4n) is 3.54. The van der Waals surface area contributed by atoms with Gasteiger partial charge in [0.25, 0.3) is 10.0 Å². The molecule has 1 heterocycles. The Morgan fingerprint density at radius 2 is 1.63 bits per heavy atom. The molecule has 0 aromatic heterocycles. The molecule has 30 heavy (non-hydrogen) atoms. The van der Waals surface area contributed by atoms with Crippen LogP contribution in [-0.4, -0.2) is 20.2 Å². The van der Waals surface area contributed by atoms with Crippen LogP contribution in [-0.2, 0) is 16.6 Å². The summed E-state index contributed by atoms with van der Waals surface area (Å²) in [4.78, 5) is 26.5. The maximum atomic E-state index is 13.4. The maximum Gasteiger partial charge on any atom is 0.343 e.